The maximum atomic E-state index is 13.2. The van der Waals surface area contributed by atoms with E-state index in [-0.39, 0.29) is 23.6 Å². The Morgan fingerprint density at radius 2 is 1.34 bits per heavy atom. The summed E-state index contributed by atoms with van der Waals surface area (Å²) < 4.78 is 0. The molecule has 1 aliphatic rings. The predicted octanol–water partition coefficient (Wildman–Crippen LogP) is 1.70. The van der Waals surface area contributed by atoms with E-state index in [2.05, 4.69) is 11.8 Å². The lowest BCUT2D eigenvalue weighted by Gasteiger charge is -2.29. The minimum absolute atomic E-state index is 0.0531. The molecule has 0 aromatic heterocycles. The van der Waals surface area contributed by atoms with Crippen LogP contribution >= 0.6 is 0 Å². The molecule has 0 fully saturated rings. The monoisotopic (exact) mass is 392 g/mol. The lowest BCUT2D eigenvalue weighted by molar-refractivity contribution is 0.0759. The molecule has 1 aliphatic heterocycles. The van der Waals surface area contributed by atoms with Gasteiger partial charge in [-0.3, -0.25) is 9.69 Å². The number of carbonyl (C=O) groups excluding carboxylic acids is 1. The van der Waals surface area contributed by atoms with Gasteiger partial charge in [0.05, 0.1) is 18.7 Å². The van der Waals surface area contributed by atoms with E-state index in [1.54, 1.807) is 0 Å². The third-order valence-corrected chi connectivity index (χ3v) is 4.80. The molecule has 2 aromatic carbocycles. The Hall–Kier alpha value is -3.81. The first-order chi connectivity index (χ1) is 13.8. The summed E-state index contributed by atoms with van der Waals surface area (Å²) in [6.07, 6.45) is 10.9. The highest BCUT2D eigenvalue weighted by Gasteiger charge is 2.26. The fourth-order valence-corrected chi connectivity index (χ4v) is 3.36. The predicted molar refractivity (Wildman–Crippen MR) is 107 cm³/mol. The average Bonchev–Trinajstić information content (AvgIpc) is 2.68. The average molecular weight is 392 g/mol. The number of carbonyl (C=O) groups is 1. The molecule has 2 aromatic rings. The Kier molecular flexibility index (Phi) is 5.54. The van der Waals surface area contributed by atoms with Gasteiger partial charge >= 0.3 is 0 Å². The van der Waals surface area contributed by atoms with E-state index < -0.39 is 17.4 Å². The first-order valence-electron chi connectivity index (χ1n) is 8.85. The Morgan fingerprint density at radius 1 is 0.793 bits per heavy atom. The molecule has 0 unspecified atom stereocenters. The van der Waals surface area contributed by atoms with Crippen LogP contribution in [0.5, 0.6) is 23.0 Å². The van der Waals surface area contributed by atoms with Crippen molar-refractivity contribution < 1.29 is 25.2 Å². The first-order valence-corrected chi connectivity index (χ1v) is 8.85. The van der Waals surface area contributed by atoms with Crippen molar-refractivity contribution in [3.63, 3.8) is 0 Å². The molecule has 0 saturated carbocycles. The topological polar surface area (TPSA) is 104 Å². The number of phenols is 4. The fourth-order valence-electron chi connectivity index (χ4n) is 3.36. The van der Waals surface area contributed by atoms with Gasteiger partial charge in [-0.15, -0.1) is 12.8 Å². The minimum atomic E-state index is -0.451. The Balaban J connectivity index is 2.30. The quantitative estimate of drug-likeness (QED) is 0.458. The van der Waals surface area contributed by atoms with Crippen LogP contribution in [0.25, 0.3) is 11.1 Å². The van der Waals surface area contributed by atoms with E-state index in [4.69, 9.17) is 12.8 Å². The summed E-state index contributed by atoms with van der Waals surface area (Å²) in [6, 6.07) is 5.13. The van der Waals surface area contributed by atoms with Crippen LogP contribution in [0, 0.1) is 24.7 Å². The zero-order valence-corrected chi connectivity index (χ0v) is 15.6. The fraction of sp³-hybridized carbons (Fsp3) is 0.227. The molecule has 29 heavy (non-hydrogen) atoms. The zero-order valence-electron chi connectivity index (χ0n) is 15.6. The third kappa shape index (κ3) is 3.91. The van der Waals surface area contributed by atoms with Gasteiger partial charge in [0.25, 0.3) is 5.91 Å². The number of rotatable bonds is 2. The molecule has 7 heteroatoms. The van der Waals surface area contributed by atoms with Crippen molar-refractivity contribution >= 4 is 5.91 Å². The number of phenolic OH excluding ortho intramolecular Hbond substituents is 4. The summed E-state index contributed by atoms with van der Waals surface area (Å²) in [7, 11) is 0. The zero-order chi connectivity index (χ0) is 21.1. The van der Waals surface area contributed by atoms with Crippen LogP contribution in [-0.2, 0) is 6.54 Å². The van der Waals surface area contributed by atoms with Crippen LogP contribution in [-0.4, -0.2) is 62.3 Å². The van der Waals surface area contributed by atoms with Crippen molar-refractivity contribution in [2.75, 3.05) is 26.2 Å². The SMILES string of the molecule is C#CCN1CCN(CC#C)C(=O)c2cc(O)c(O)cc2-c2cc(O)c(O)cc2C1. The molecule has 0 aliphatic carbocycles. The van der Waals surface area contributed by atoms with Gasteiger partial charge in [-0.2, -0.15) is 0 Å². The summed E-state index contributed by atoms with van der Waals surface area (Å²) in [5.74, 6) is 3.02. The molecule has 3 rings (SSSR count). The number of hydrogen-bond donors (Lipinski definition) is 4. The summed E-state index contributed by atoms with van der Waals surface area (Å²) in [5.41, 5.74) is 1.43. The molecule has 7 nitrogen and oxygen atoms in total. The standard InChI is InChI=1S/C22H20N2O5/c1-3-5-23-7-8-24(6-4-2)22(29)17-12-21(28)20(27)11-16(17)15-10-19(26)18(25)9-14(15)13-23/h1-2,9-12,25-28H,5-8,13H2. The Morgan fingerprint density at radius 3 is 1.97 bits per heavy atom. The molecule has 0 bridgehead atoms. The highest BCUT2D eigenvalue weighted by molar-refractivity contribution is 6.02. The van der Waals surface area contributed by atoms with Gasteiger partial charge in [-0.1, -0.05) is 11.8 Å². The van der Waals surface area contributed by atoms with Crippen LogP contribution in [0.2, 0.25) is 0 Å². The number of terminal acetylenes is 2. The number of benzene rings is 2. The summed E-state index contributed by atoms with van der Waals surface area (Å²) in [6.45, 7) is 1.40. The maximum absolute atomic E-state index is 13.2. The summed E-state index contributed by atoms with van der Waals surface area (Å²) in [4.78, 5) is 16.5. The van der Waals surface area contributed by atoms with Crippen molar-refractivity contribution in [2.24, 2.45) is 0 Å². The maximum Gasteiger partial charge on any atom is 0.255 e. The minimum Gasteiger partial charge on any atom is -0.504 e. The van der Waals surface area contributed by atoms with Crippen LogP contribution < -0.4 is 0 Å². The molecule has 0 saturated heterocycles. The van der Waals surface area contributed by atoms with Crippen molar-refractivity contribution in [2.45, 2.75) is 6.54 Å². The molecule has 148 valence electrons. The van der Waals surface area contributed by atoms with Gasteiger partial charge in [0.2, 0.25) is 0 Å². The second kappa shape index (κ2) is 8.05. The Labute approximate surface area is 168 Å². The molecule has 4 N–H and O–H groups in total. The third-order valence-electron chi connectivity index (χ3n) is 4.80. The van der Waals surface area contributed by atoms with E-state index in [0.29, 0.717) is 42.9 Å². The van der Waals surface area contributed by atoms with E-state index in [9.17, 15) is 25.2 Å². The van der Waals surface area contributed by atoms with Crippen molar-refractivity contribution in [3.8, 4) is 58.8 Å². The second-order valence-electron chi connectivity index (χ2n) is 6.73. The molecular formula is C22H20N2O5. The van der Waals surface area contributed by atoms with Crippen molar-refractivity contribution in [1.82, 2.24) is 9.80 Å². The first kappa shape index (κ1) is 19.9. The van der Waals surface area contributed by atoms with E-state index >= 15 is 0 Å². The van der Waals surface area contributed by atoms with Gasteiger partial charge in [-0.05, 0) is 41.0 Å². The van der Waals surface area contributed by atoms with E-state index in [0.717, 1.165) is 0 Å². The summed E-state index contributed by atoms with van der Waals surface area (Å²) in [5, 5.41) is 40.1. The highest BCUT2D eigenvalue weighted by atomic mass is 16.3. The van der Waals surface area contributed by atoms with Crippen LogP contribution in [0.1, 0.15) is 15.9 Å². The smallest absolute Gasteiger partial charge is 0.255 e. The van der Waals surface area contributed by atoms with E-state index in [1.165, 1.54) is 29.2 Å². The van der Waals surface area contributed by atoms with Crippen LogP contribution in [0.4, 0.5) is 0 Å². The van der Waals surface area contributed by atoms with Gasteiger partial charge in [0.15, 0.2) is 23.0 Å². The number of nitrogens with zero attached hydrogens (tertiary/aromatic N) is 2. The molecular weight excluding hydrogens is 372 g/mol. The van der Waals surface area contributed by atoms with Crippen molar-refractivity contribution in [1.29, 1.82) is 0 Å². The molecule has 0 radical (unpaired) electrons. The van der Waals surface area contributed by atoms with Crippen LogP contribution in [0.15, 0.2) is 24.3 Å². The number of hydrogen-bond acceptors (Lipinski definition) is 6. The van der Waals surface area contributed by atoms with Gasteiger partial charge in [-0.25, -0.2) is 0 Å². The Bertz CT molecular complexity index is 1050. The lowest BCUT2D eigenvalue weighted by atomic mass is 9.92. The summed E-state index contributed by atoms with van der Waals surface area (Å²) >= 11 is 0. The highest BCUT2D eigenvalue weighted by Crippen LogP contribution is 2.40. The normalized spacial score (nSPS) is 14.4. The van der Waals surface area contributed by atoms with Gasteiger partial charge in [0.1, 0.15) is 0 Å². The second-order valence-corrected chi connectivity index (χ2v) is 6.73. The number of fused-ring (bicyclic) bond motifs is 3. The lowest BCUT2D eigenvalue weighted by Crippen LogP contribution is -2.39. The van der Waals surface area contributed by atoms with Gasteiger partial charge in [0, 0.05) is 19.6 Å². The van der Waals surface area contributed by atoms with E-state index in [1.807, 2.05) is 4.90 Å². The number of aromatic hydroxyl groups is 4. The molecule has 0 atom stereocenters. The largest absolute Gasteiger partial charge is 0.504 e. The molecule has 0 spiro atoms. The van der Waals surface area contributed by atoms with Gasteiger partial charge < -0.3 is 25.3 Å². The molecule has 1 amide bonds. The molecule has 1 heterocycles. The number of amides is 1. The van der Waals surface area contributed by atoms with Crippen LogP contribution in [0.3, 0.4) is 0 Å². The van der Waals surface area contributed by atoms with Crippen molar-refractivity contribution in [3.05, 3.63) is 35.4 Å².